The molecule has 1 aliphatic carbocycles. The predicted molar refractivity (Wildman–Crippen MR) is 56.8 cm³/mol. The van der Waals surface area contributed by atoms with Crippen LogP contribution in [-0.4, -0.2) is 11.7 Å². The average molecular weight is 187 g/mol. The smallest absolute Gasteiger partial charge is 0.120 e. The van der Waals surface area contributed by atoms with Crippen LogP contribution in [0.3, 0.4) is 0 Å². The second-order valence-corrected chi connectivity index (χ2v) is 3.88. The largest absolute Gasteiger partial charge is 0.497 e. The highest BCUT2D eigenvalue weighted by molar-refractivity contribution is 5.81. The van der Waals surface area contributed by atoms with Crippen molar-refractivity contribution in [3.63, 3.8) is 0 Å². The van der Waals surface area contributed by atoms with Gasteiger partial charge >= 0.3 is 0 Å². The highest BCUT2D eigenvalue weighted by atomic mass is 16.5. The van der Waals surface area contributed by atoms with Gasteiger partial charge in [0.15, 0.2) is 0 Å². The number of fused-ring (bicyclic) bond motifs is 1. The third-order valence-electron chi connectivity index (χ3n) is 2.87. The van der Waals surface area contributed by atoms with E-state index in [0.717, 1.165) is 11.8 Å². The number of rotatable bonds is 2. The van der Waals surface area contributed by atoms with E-state index in [1.54, 1.807) is 7.11 Å². The maximum Gasteiger partial charge on any atom is 0.120 e. The van der Waals surface area contributed by atoms with Gasteiger partial charge in [0.2, 0.25) is 0 Å². The molecule has 1 aliphatic rings. The highest BCUT2D eigenvalue weighted by Crippen LogP contribution is 2.38. The summed E-state index contributed by atoms with van der Waals surface area (Å²) in [4.78, 5) is 0. The number of hydrogen-bond acceptors (Lipinski definition) is 1. The van der Waals surface area contributed by atoms with Gasteiger partial charge in [-0.1, -0.05) is 0 Å². The minimum atomic E-state index is 0.736. The summed E-state index contributed by atoms with van der Waals surface area (Å²) < 4.78 is 7.59. The number of methoxy groups -OCH3 is 1. The molecule has 72 valence electrons. The Morgan fingerprint density at radius 1 is 1.29 bits per heavy atom. The Hall–Kier alpha value is -1.44. The third kappa shape index (κ3) is 1.10. The molecule has 0 amide bonds. The first-order chi connectivity index (χ1) is 6.88. The first kappa shape index (κ1) is 7.92. The van der Waals surface area contributed by atoms with Crippen molar-refractivity contribution in [1.29, 1.82) is 0 Å². The van der Waals surface area contributed by atoms with Gasteiger partial charge in [-0.3, -0.25) is 0 Å². The zero-order valence-electron chi connectivity index (χ0n) is 8.23. The summed E-state index contributed by atoms with van der Waals surface area (Å²) in [6.45, 7) is 0. The molecule has 0 bridgehead atoms. The Kier molecular flexibility index (Phi) is 1.57. The maximum atomic E-state index is 5.23. The van der Waals surface area contributed by atoms with Crippen LogP contribution in [0.5, 0.6) is 5.75 Å². The van der Waals surface area contributed by atoms with Gasteiger partial charge in [-0.15, -0.1) is 0 Å². The van der Waals surface area contributed by atoms with Crippen molar-refractivity contribution < 1.29 is 4.74 Å². The van der Waals surface area contributed by atoms with E-state index >= 15 is 0 Å². The van der Waals surface area contributed by atoms with Crippen molar-refractivity contribution in [2.45, 2.75) is 18.9 Å². The molecule has 1 heterocycles. The summed E-state index contributed by atoms with van der Waals surface area (Å²) in [6, 6.07) is 9.16. The first-order valence-electron chi connectivity index (χ1n) is 5.03. The molecule has 14 heavy (non-hydrogen) atoms. The van der Waals surface area contributed by atoms with Crippen molar-refractivity contribution in [3.05, 3.63) is 30.5 Å². The van der Waals surface area contributed by atoms with Gasteiger partial charge < -0.3 is 9.30 Å². The molecule has 2 nitrogen and oxygen atoms in total. The van der Waals surface area contributed by atoms with Gasteiger partial charge in [0.25, 0.3) is 0 Å². The molecule has 0 saturated heterocycles. The van der Waals surface area contributed by atoms with Crippen LogP contribution in [0.4, 0.5) is 0 Å². The van der Waals surface area contributed by atoms with Gasteiger partial charge in [0, 0.05) is 18.3 Å². The van der Waals surface area contributed by atoms with E-state index in [0.29, 0.717) is 0 Å². The molecule has 1 saturated carbocycles. The van der Waals surface area contributed by atoms with E-state index < -0.39 is 0 Å². The van der Waals surface area contributed by atoms with Crippen LogP contribution in [0.15, 0.2) is 30.5 Å². The van der Waals surface area contributed by atoms with E-state index in [1.807, 2.05) is 6.07 Å². The molecule has 0 atom stereocenters. The Bertz CT molecular complexity index is 468. The van der Waals surface area contributed by atoms with E-state index in [2.05, 4.69) is 29.0 Å². The monoisotopic (exact) mass is 187 g/mol. The lowest BCUT2D eigenvalue weighted by molar-refractivity contribution is 0.415. The van der Waals surface area contributed by atoms with Crippen molar-refractivity contribution in [3.8, 4) is 5.75 Å². The summed E-state index contributed by atoms with van der Waals surface area (Å²) in [5.74, 6) is 0.943. The summed E-state index contributed by atoms with van der Waals surface area (Å²) in [5.41, 5.74) is 1.30. The van der Waals surface area contributed by atoms with Crippen molar-refractivity contribution in [2.24, 2.45) is 0 Å². The fraction of sp³-hybridized carbons (Fsp3) is 0.333. The lowest BCUT2D eigenvalue weighted by Crippen LogP contribution is -1.91. The van der Waals surface area contributed by atoms with Gasteiger partial charge in [0.1, 0.15) is 5.75 Å². The molecule has 0 unspecified atom stereocenters. The molecule has 2 heteroatoms. The van der Waals surface area contributed by atoms with Crippen molar-refractivity contribution in [2.75, 3.05) is 7.11 Å². The normalized spacial score (nSPS) is 16.1. The lowest BCUT2D eigenvalue weighted by Gasteiger charge is -2.04. The average Bonchev–Trinajstić information content (AvgIpc) is 2.98. The van der Waals surface area contributed by atoms with Crippen LogP contribution in [0, 0.1) is 0 Å². The minimum absolute atomic E-state index is 0.736. The zero-order valence-corrected chi connectivity index (χ0v) is 8.23. The fourth-order valence-corrected chi connectivity index (χ4v) is 1.93. The minimum Gasteiger partial charge on any atom is -0.497 e. The van der Waals surface area contributed by atoms with Crippen LogP contribution in [-0.2, 0) is 0 Å². The van der Waals surface area contributed by atoms with Crippen LogP contribution in [0.2, 0.25) is 0 Å². The Labute approximate surface area is 83.1 Å². The molecule has 0 aliphatic heterocycles. The van der Waals surface area contributed by atoms with Gasteiger partial charge in [-0.25, -0.2) is 0 Å². The zero-order chi connectivity index (χ0) is 9.54. The maximum absolute atomic E-state index is 5.23. The van der Waals surface area contributed by atoms with Gasteiger partial charge in [0.05, 0.1) is 12.6 Å². The Morgan fingerprint density at radius 3 is 2.86 bits per heavy atom. The van der Waals surface area contributed by atoms with Crippen LogP contribution in [0.1, 0.15) is 18.9 Å². The fourth-order valence-electron chi connectivity index (χ4n) is 1.93. The van der Waals surface area contributed by atoms with E-state index in [-0.39, 0.29) is 0 Å². The number of ether oxygens (including phenoxy) is 1. The summed E-state index contributed by atoms with van der Waals surface area (Å²) in [7, 11) is 1.71. The molecule has 1 fully saturated rings. The lowest BCUT2D eigenvalue weighted by atomic mass is 10.2. The Morgan fingerprint density at radius 2 is 2.14 bits per heavy atom. The summed E-state index contributed by atoms with van der Waals surface area (Å²) >= 11 is 0. The van der Waals surface area contributed by atoms with E-state index in [9.17, 15) is 0 Å². The SMILES string of the molecule is COc1ccc2ccn(C3CC3)c2c1. The number of nitrogens with zero attached hydrogens (tertiary/aromatic N) is 1. The van der Waals surface area contributed by atoms with Crippen LogP contribution in [0.25, 0.3) is 10.9 Å². The topological polar surface area (TPSA) is 14.2 Å². The number of benzene rings is 1. The number of aromatic nitrogens is 1. The molecule has 3 rings (SSSR count). The van der Waals surface area contributed by atoms with E-state index in [4.69, 9.17) is 4.74 Å². The van der Waals surface area contributed by atoms with Crippen LogP contribution < -0.4 is 4.74 Å². The molecular weight excluding hydrogens is 174 g/mol. The predicted octanol–water partition coefficient (Wildman–Crippen LogP) is 2.98. The second kappa shape index (κ2) is 2.77. The van der Waals surface area contributed by atoms with Gasteiger partial charge in [-0.2, -0.15) is 0 Å². The molecule has 0 spiro atoms. The van der Waals surface area contributed by atoms with Crippen molar-refractivity contribution in [1.82, 2.24) is 4.57 Å². The third-order valence-corrected chi connectivity index (χ3v) is 2.87. The molecular formula is C12H13NO. The molecule has 0 N–H and O–H groups in total. The molecule has 1 aromatic carbocycles. The quantitative estimate of drug-likeness (QED) is 0.705. The number of hydrogen-bond donors (Lipinski definition) is 0. The standard InChI is InChI=1S/C12H13NO/c1-14-11-5-2-9-6-7-13(10-3-4-10)12(9)8-11/h2,5-8,10H,3-4H2,1H3. The highest BCUT2D eigenvalue weighted by Gasteiger charge is 2.24. The van der Waals surface area contributed by atoms with E-state index in [1.165, 1.54) is 23.7 Å². The molecule has 1 aromatic heterocycles. The summed E-state index contributed by atoms with van der Waals surface area (Å²) in [6.07, 6.45) is 4.82. The Balaban J connectivity index is 2.20. The molecule has 0 radical (unpaired) electrons. The summed E-state index contributed by atoms with van der Waals surface area (Å²) in [5, 5.41) is 1.30. The second-order valence-electron chi connectivity index (χ2n) is 3.88. The van der Waals surface area contributed by atoms with Crippen LogP contribution >= 0.6 is 0 Å². The molecule has 2 aromatic rings. The van der Waals surface area contributed by atoms with Crippen molar-refractivity contribution >= 4 is 10.9 Å². The first-order valence-corrected chi connectivity index (χ1v) is 5.03. The van der Waals surface area contributed by atoms with Gasteiger partial charge in [-0.05, 0) is 36.4 Å².